The van der Waals surface area contributed by atoms with Crippen LogP contribution < -0.4 is 9.47 Å². The molecule has 0 unspecified atom stereocenters. The molecule has 0 aliphatic carbocycles. The Kier molecular flexibility index (Phi) is 6.20. The highest BCUT2D eigenvalue weighted by molar-refractivity contribution is 7.89. The fraction of sp³-hybridized carbons (Fsp3) is 0.435. The first-order chi connectivity index (χ1) is 14.9. The van der Waals surface area contributed by atoms with Gasteiger partial charge < -0.3 is 14.4 Å². The summed E-state index contributed by atoms with van der Waals surface area (Å²) < 4.78 is 39.5. The summed E-state index contributed by atoms with van der Waals surface area (Å²) in [6, 6.07) is 16.1. The molecule has 0 aromatic heterocycles. The maximum atomic E-state index is 13.2. The highest BCUT2D eigenvalue weighted by Gasteiger charge is 2.43. The molecule has 1 amide bonds. The Morgan fingerprint density at radius 1 is 1.06 bits per heavy atom. The number of carbonyl (C=O) groups excluding carboxylic acids is 1. The van der Waals surface area contributed by atoms with E-state index in [4.69, 9.17) is 9.47 Å². The van der Waals surface area contributed by atoms with Gasteiger partial charge in [-0.1, -0.05) is 37.3 Å². The molecule has 0 radical (unpaired) electrons. The number of hydrogen-bond acceptors (Lipinski definition) is 5. The van der Waals surface area contributed by atoms with Crippen LogP contribution in [-0.4, -0.2) is 62.9 Å². The fourth-order valence-corrected chi connectivity index (χ4v) is 5.92. The quantitative estimate of drug-likeness (QED) is 0.725. The van der Waals surface area contributed by atoms with Gasteiger partial charge in [0.2, 0.25) is 10.0 Å². The van der Waals surface area contributed by atoms with E-state index in [0.717, 1.165) is 0 Å². The lowest BCUT2D eigenvalue weighted by Gasteiger charge is -2.44. The van der Waals surface area contributed by atoms with Crippen LogP contribution in [-0.2, 0) is 14.8 Å². The highest BCUT2D eigenvalue weighted by atomic mass is 32.2. The molecule has 1 saturated heterocycles. The summed E-state index contributed by atoms with van der Waals surface area (Å²) in [5.41, 5.74) is -0.326. The number of carbonyl (C=O) groups is 1. The van der Waals surface area contributed by atoms with Crippen LogP contribution in [0.2, 0.25) is 0 Å². The van der Waals surface area contributed by atoms with Crippen molar-refractivity contribution in [3.8, 4) is 11.5 Å². The molecule has 2 aliphatic heterocycles. The van der Waals surface area contributed by atoms with Crippen molar-refractivity contribution in [3.63, 3.8) is 0 Å². The van der Waals surface area contributed by atoms with Crippen molar-refractivity contribution in [2.24, 2.45) is 5.41 Å². The van der Waals surface area contributed by atoms with Gasteiger partial charge in [0.05, 0.1) is 6.61 Å². The number of ether oxygens (including phenoxy) is 2. The minimum atomic E-state index is -3.63. The molecule has 2 aliphatic rings. The van der Waals surface area contributed by atoms with Gasteiger partial charge in [0.1, 0.15) is 16.4 Å². The number of piperidine rings is 1. The van der Waals surface area contributed by atoms with Gasteiger partial charge in [0.15, 0.2) is 6.61 Å². The van der Waals surface area contributed by atoms with Crippen LogP contribution in [0.15, 0.2) is 59.5 Å². The molecule has 7 nitrogen and oxygen atoms in total. The third kappa shape index (κ3) is 4.55. The second-order valence-corrected chi connectivity index (χ2v) is 10.1. The Morgan fingerprint density at radius 2 is 1.74 bits per heavy atom. The van der Waals surface area contributed by atoms with Crippen LogP contribution in [0, 0.1) is 5.41 Å². The Morgan fingerprint density at radius 3 is 2.45 bits per heavy atom. The molecular formula is C23H28N2O5S. The van der Waals surface area contributed by atoms with E-state index in [1.807, 2.05) is 37.3 Å². The molecule has 0 saturated carbocycles. The van der Waals surface area contributed by atoms with Crippen LogP contribution >= 0.6 is 0 Å². The number of benzene rings is 2. The zero-order valence-corrected chi connectivity index (χ0v) is 18.5. The van der Waals surface area contributed by atoms with Gasteiger partial charge in [0.25, 0.3) is 5.91 Å². The molecule has 2 aromatic carbocycles. The van der Waals surface area contributed by atoms with E-state index in [9.17, 15) is 13.2 Å². The van der Waals surface area contributed by atoms with Gasteiger partial charge in [0, 0.05) is 31.6 Å². The Bertz CT molecular complexity index is 1020. The zero-order chi connectivity index (χ0) is 21.9. The van der Waals surface area contributed by atoms with Crippen LogP contribution in [0.1, 0.15) is 19.8 Å². The first kappa shape index (κ1) is 21.6. The van der Waals surface area contributed by atoms with Crippen molar-refractivity contribution < 1.29 is 22.7 Å². The summed E-state index contributed by atoms with van der Waals surface area (Å²) in [6.07, 6.45) is 1.36. The average Bonchev–Trinajstić information content (AvgIpc) is 2.80. The lowest BCUT2D eigenvalue weighted by Crippen LogP contribution is -2.53. The second-order valence-electron chi connectivity index (χ2n) is 8.15. The van der Waals surface area contributed by atoms with Crippen molar-refractivity contribution in [2.75, 3.05) is 39.4 Å². The van der Waals surface area contributed by atoms with E-state index in [1.165, 1.54) is 0 Å². The summed E-state index contributed by atoms with van der Waals surface area (Å²) in [4.78, 5) is 14.6. The lowest BCUT2D eigenvalue weighted by atomic mass is 9.78. The molecule has 0 N–H and O–H groups in total. The average molecular weight is 445 g/mol. The predicted octanol–water partition coefficient (Wildman–Crippen LogP) is 2.78. The molecular weight excluding hydrogens is 416 g/mol. The largest absolute Gasteiger partial charge is 0.492 e. The van der Waals surface area contributed by atoms with Crippen LogP contribution in [0.5, 0.6) is 11.5 Å². The van der Waals surface area contributed by atoms with Crippen LogP contribution in [0.4, 0.5) is 0 Å². The number of sulfonamides is 1. The number of amides is 1. The number of para-hydroxylation sites is 2. The van der Waals surface area contributed by atoms with E-state index < -0.39 is 10.0 Å². The van der Waals surface area contributed by atoms with Crippen molar-refractivity contribution in [2.45, 2.75) is 24.7 Å². The number of nitrogens with zero attached hydrogens (tertiary/aromatic N) is 2. The van der Waals surface area contributed by atoms with Crippen LogP contribution in [0.3, 0.4) is 0 Å². The lowest BCUT2D eigenvalue weighted by molar-refractivity contribution is -0.136. The van der Waals surface area contributed by atoms with E-state index >= 15 is 0 Å². The van der Waals surface area contributed by atoms with E-state index in [2.05, 4.69) is 0 Å². The highest BCUT2D eigenvalue weighted by Crippen LogP contribution is 2.39. The minimum Gasteiger partial charge on any atom is -0.492 e. The summed E-state index contributed by atoms with van der Waals surface area (Å²) in [7, 11) is -3.63. The SMILES string of the molecule is CCN1CC2(CCN(C(=O)COc3ccccc3)CC2)COc2ccccc2S1(=O)=O. The monoisotopic (exact) mass is 444 g/mol. The maximum Gasteiger partial charge on any atom is 0.260 e. The summed E-state index contributed by atoms with van der Waals surface area (Å²) >= 11 is 0. The van der Waals surface area contributed by atoms with E-state index in [1.54, 1.807) is 33.5 Å². The standard InChI is InChI=1S/C23H28N2O5S/c1-2-25-17-23(18-30-20-10-6-7-11-21(20)31(25,27)28)12-14-24(15-13-23)22(26)16-29-19-8-4-3-5-9-19/h3-11H,2,12-18H2,1H3. The molecule has 2 heterocycles. The second kappa shape index (κ2) is 8.88. The van der Waals surface area contributed by atoms with Crippen molar-refractivity contribution in [3.05, 3.63) is 54.6 Å². The Hall–Kier alpha value is -2.58. The fourth-order valence-electron chi connectivity index (χ4n) is 4.22. The third-order valence-electron chi connectivity index (χ3n) is 6.15. The molecule has 31 heavy (non-hydrogen) atoms. The number of hydrogen-bond donors (Lipinski definition) is 0. The van der Waals surface area contributed by atoms with Gasteiger partial charge in [-0.3, -0.25) is 4.79 Å². The summed E-state index contributed by atoms with van der Waals surface area (Å²) in [6.45, 7) is 4.18. The van der Waals surface area contributed by atoms with E-state index in [0.29, 0.717) is 57.1 Å². The van der Waals surface area contributed by atoms with Gasteiger partial charge in [-0.2, -0.15) is 4.31 Å². The topological polar surface area (TPSA) is 76.2 Å². The Labute approximate surface area is 183 Å². The van der Waals surface area contributed by atoms with Gasteiger partial charge in [-0.25, -0.2) is 8.42 Å². The minimum absolute atomic E-state index is 0.00362. The van der Waals surface area contributed by atoms with Gasteiger partial charge in [-0.15, -0.1) is 0 Å². The number of fused-ring (bicyclic) bond motifs is 1. The first-order valence-corrected chi connectivity index (χ1v) is 12.1. The smallest absolute Gasteiger partial charge is 0.260 e. The van der Waals surface area contributed by atoms with Crippen LogP contribution in [0.25, 0.3) is 0 Å². The number of rotatable bonds is 4. The Balaban J connectivity index is 1.44. The molecule has 2 aromatic rings. The van der Waals surface area contributed by atoms with Crippen molar-refractivity contribution >= 4 is 15.9 Å². The maximum absolute atomic E-state index is 13.2. The predicted molar refractivity (Wildman–Crippen MR) is 117 cm³/mol. The summed E-state index contributed by atoms with van der Waals surface area (Å²) in [5, 5.41) is 0. The molecule has 1 spiro atoms. The molecule has 1 fully saturated rings. The normalized spacial score (nSPS) is 20.2. The van der Waals surface area contributed by atoms with Gasteiger partial charge in [-0.05, 0) is 37.1 Å². The molecule has 4 rings (SSSR count). The zero-order valence-electron chi connectivity index (χ0n) is 17.7. The van der Waals surface area contributed by atoms with E-state index in [-0.39, 0.29) is 22.8 Å². The molecule has 0 bridgehead atoms. The van der Waals surface area contributed by atoms with Gasteiger partial charge >= 0.3 is 0 Å². The first-order valence-electron chi connectivity index (χ1n) is 10.6. The number of likely N-dealkylation sites (tertiary alicyclic amines) is 1. The molecule has 8 heteroatoms. The molecule has 166 valence electrons. The van der Waals surface area contributed by atoms with Crippen molar-refractivity contribution in [1.82, 2.24) is 9.21 Å². The van der Waals surface area contributed by atoms with Crippen molar-refractivity contribution in [1.29, 1.82) is 0 Å². The third-order valence-corrected chi connectivity index (χ3v) is 8.11. The summed E-state index contributed by atoms with van der Waals surface area (Å²) in [5.74, 6) is 1.01. The molecule has 0 atom stereocenters.